The zero-order valence-corrected chi connectivity index (χ0v) is 13.0. The lowest BCUT2D eigenvalue weighted by Crippen LogP contribution is -2.17. The Morgan fingerprint density at radius 2 is 2.05 bits per heavy atom. The van der Waals surface area contributed by atoms with Gasteiger partial charge in [-0.25, -0.2) is 4.98 Å². The van der Waals surface area contributed by atoms with Crippen LogP contribution in [0.25, 0.3) is 11.0 Å². The Bertz CT molecular complexity index is 693. The third kappa shape index (κ3) is 3.01. The Morgan fingerprint density at radius 1 is 1.33 bits per heavy atom. The van der Waals surface area contributed by atoms with Gasteiger partial charge >= 0.3 is 5.97 Å². The Balaban J connectivity index is 2.01. The maximum Gasteiger partial charge on any atom is 0.305 e. The van der Waals surface area contributed by atoms with E-state index in [-0.39, 0.29) is 6.42 Å². The van der Waals surface area contributed by atoms with Crippen molar-refractivity contribution in [3.63, 3.8) is 0 Å². The maximum atomic E-state index is 10.9. The van der Waals surface area contributed by atoms with Gasteiger partial charge in [0.2, 0.25) is 0 Å². The van der Waals surface area contributed by atoms with Crippen molar-refractivity contribution in [2.45, 2.75) is 38.6 Å². The predicted molar refractivity (Wildman–Crippen MR) is 83.1 cm³/mol. The lowest BCUT2D eigenvalue weighted by Gasteiger charge is -2.25. The third-order valence-electron chi connectivity index (χ3n) is 4.11. The first-order valence-corrected chi connectivity index (χ1v) is 7.86. The molecule has 1 aromatic carbocycles. The number of aliphatic carboxylic acids is 1. The fourth-order valence-electron chi connectivity index (χ4n) is 2.74. The lowest BCUT2D eigenvalue weighted by molar-refractivity contribution is -0.137. The predicted octanol–water partition coefficient (Wildman–Crippen LogP) is 4.16. The minimum atomic E-state index is -0.813. The monoisotopic (exact) mass is 326 g/mol. The number of halogens is 2. The number of carbonyl (C=O) groups is 1. The van der Waals surface area contributed by atoms with Gasteiger partial charge in [0.25, 0.3) is 0 Å². The molecule has 0 spiro atoms. The van der Waals surface area contributed by atoms with Gasteiger partial charge in [-0.05, 0) is 18.1 Å². The molecule has 1 aliphatic rings. The summed E-state index contributed by atoms with van der Waals surface area (Å²) in [6.07, 6.45) is 4.69. The molecule has 4 nitrogen and oxygen atoms in total. The van der Waals surface area contributed by atoms with Crippen LogP contribution in [0.1, 0.15) is 31.5 Å². The number of hydrogen-bond acceptors (Lipinski definition) is 2. The van der Waals surface area contributed by atoms with Crippen molar-refractivity contribution in [1.82, 2.24) is 9.55 Å². The van der Waals surface area contributed by atoms with Crippen LogP contribution in [-0.4, -0.2) is 20.6 Å². The number of carboxylic acid groups (broad SMARTS) is 1. The summed E-state index contributed by atoms with van der Waals surface area (Å²) >= 11 is 12.1. The number of rotatable bonds is 5. The van der Waals surface area contributed by atoms with Gasteiger partial charge in [0.1, 0.15) is 5.82 Å². The van der Waals surface area contributed by atoms with Crippen LogP contribution < -0.4 is 0 Å². The van der Waals surface area contributed by atoms with Gasteiger partial charge in [0.15, 0.2) is 0 Å². The quantitative estimate of drug-likeness (QED) is 0.897. The minimum Gasteiger partial charge on any atom is -0.481 e. The van der Waals surface area contributed by atoms with E-state index in [0.717, 1.165) is 23.3 Å². The number of hydrogen-bond donors (Lipinski definition) is 1. The molecule has 3 rings (SSSR count). The van der Waals surface area contributed by atoms with Crippen molar-refractivity contribution in [2.75, 3.05) is 0 Å². The molecule has 0 unspecified atom stereocenters. The fourth-order valence-corrected chi connectivity index (χ4v) is 3.05. The van der Waals surface area contributed by atoms with Gasteiger partial charge in [-0.15, -0.1) is 0 Å². The highest BCUT2D eigenvalue weighted by molar-refractivity contribution is 6.42. The van der Waals surface area contributed by atoms with E-state index in [1.807, 2.05) is 4.57 Å². The Labute approximate surface area is 132 Å². The average Bonchev–Trinajstić information content (AvgIpc) is 2.69. The molecule has 2 aromatic rings. The van der Waals surface area contributed by atoms with E-state index < -0.39 is 5.97 Å². The molecule has 0 atom stereocenters. The molecule has 1 fully saturated rings. The number of carboxylic acids is 1. The Kier molecular flexibility index (Phi) is 4.09. The molecule has 1 aliphatic carbocycles. The smallest absolute Gasteiger partial charge is 0.305 e. The van der Waals surface area contributed by atoms with Crippen molar-refractivity contribution in [3.05, 3.63) is 28.0 Å². The van der Waals surface area contributed by atoms with Crippen molar-refractivity contribution in [3.8, 4) is 0 Å². The summed E-state index contributed by atoms with van der Waals surface area (Å²) < 4.78 is 1.98. The highest BCUT2D eigenvalue weighted by atomic mass is 35.5. The molecular formula is C15H16Cl2N2O2. The van der Waals surface area contributed by atoms with Crippen LogP contribution in [0.15, 0.2) is 12.1 Å². The van der Waals surface area contributed by atoms with Crippen LogP contribution in [-0.2, 0) is 17.8 Å². The number of nitrogens with zero attached hydrogens (tertiary/aromatic N) is 2. The van der Waals surface area contributed by atoms with Gasteiger partial charge in [-0.1, -0.05) is 42.5 Å². The van der Waals surface area contributed by atoms with Crippen molar-refractivity contribution in [1.29, 1.82) is 0 Å². The standard InChI is InChI=1S/C15H16Cl2N2O2/c16-10-7-12-13(8-11(10)17)19(5-4-15(20)21)14(18-12)6-9-2-1-3-9/h7-9H,1-6H2,(H,20,21). The number of fused-ring (bicyclic) bond motifs is 1. The van der Waals surface area contributed by atoms with Crippen molar-refractivity contribution in [2.24, 2.45) is 5.92 Å². The molecule has 1 saturated carbocycles. The summed E-state index contributed by atoms with van der Waals surface area (Å²) in [5.41, 5.74) is 1.64. The third-order valence-corrected chi connectivity index (χ3v) is 4.84. The summed E-state index contributed by atoms with van der Waals surface area (Å²) in [4.78, 5) is 15.5. The van der Waals surface area contributed by atoms with Gasteiger partial charge in [-0.2, -0.15) is 0 Å². The van der Waals surface area contributed by atoms with E-state index in [4.69, 9.17) is 28.3 Å². The van der Waals surface area contributed by atoms with E-state index in [1.165, 1.54) is 19.3 Å². The van der Waals surface area contributed by atoms with E-state index >= 15 is 0 Å². The highest BCUT2D eigenvalue weighted by Gasteiger charge is 2.22. The molecule has 1 heterocycles. The number of imidazole rings is 1. The second-order valence-corrected chi connectivity index (χ2v) is 6.39. The molecule has 0 saturated heterocycles. The normalized spacial score (nSPS) is 15.3. The summed E-state index contributed by atoms with van der Waals surface area (Å²) in [5.74, 6) is 0.789. The van der Waals surface area contributed by atoms with Crippen LogP contribution in [0, 0.1) is 5.92 Å². The minimum absolute atomic E-state index is 0.0728. The van der Waals surface area contributed by atoms with E-state index in [9.17, 15) is 4.79 Å². The first-order chi connectivity index (χ1) is 10.0. The van der Waals surface area contributed by atoms with Crippen LogP contribution in [0.5, 0.6) is 0 Å². The molecule has 1 N–H and O–H groups in total. The first kappa shape index (κ1) is 14.7. The van der Waals surface area contributed by atoms with Crippen LogP contribution >= 0.6 is 23.2 Å². The molecule has 21 heavy (non-hydrogen) atoms. The van der Waals surface area contributed by atoms with E-state index in [1.54, 1.807) is 12.1 Å². The van der Waals surface area contributed by atoms with E-state index in [2.05, 4.69) is 4.98 Å². The number of aromatic nitrogens is 2. The van der Waals surface area contributed by atoms with Gasteiger partial charge < -0.3 is 9.67 Å². The molecule has 0 bridgehead atoms. The number of benzene rings is 1. The van der Waals surface area contributed by atoms with Crippen molar-refractivity contribution < 1.29 is 9.90 Å². The maximum absolute atomic E-state index is 10.9. The average molecular weight is 327 g/mol. The zero-order valence-electron chi connectivity index (χ0n) is 11.5. The molecule has 0 aliphatic heterocycles. The molecule has 1 aromatic heterocycles. The molecular weight excluding hydrogens is 311 g/mol. The van der Waals surface area contributed by atoms with E-state index in [0.29, 0.717) is 22.5 Å². The van der Waals surface area contributed by atoms with Gasteiger partial charge in [-0.3, -0.25) is 4.79 Å². The molecule has 6 heteroatoms. The summed E-state index contributed by atoms with van der Waals surface area (Å²) in [6, 6.07) is 3.53. The topological polar surface area (TPSA) is 55.1 Å². The first-order valence-electron chi connectivity index (χ1n) is 7.10. The highest BCUT2D eigenvalue weighted by Crippen LogP contribution is 2.33. The van der Waals surface area contributed by atoms with Gasteiger partial charge in [0, 0.05) is 13.0 Å². The Hall–Kier alpha value is -1.26. The lowest BCUT2D eigenvalue weighted by atomic mass is 9.83. The summed E-state index contributed by atoms with van der Waals surface area (Å²) in [5, 5.41) is 9.87. The summed E-state index contributed by atoms with van der Waals surface area (Å²) in [6.45, 7) is 0.409. The molecule has 0 amide bonds. The zero-order chi connectivity index (χ0) is 15.0. The summed E-state index contributed by atoms with van der Waals surface area (Å²) in [7, 11) is 0. The second-order valence-electron chi connectivity index (χ2n) is 5.58. The van der Waals surface area contributed by atoms with Crippen LogP contribution in [0.3, 0.4) is 0 Å². The Morgan fingerprint density at radius 3 is 2.67 bits per heavy atom. The van der Waals surface area contributed by atoms with Gasteiger partial charge in [0.05, 0.1) is 27.5 Å². The molecule has 0 radical (unpaired) electrons. The number of aryl methyl sites for hydroxylation is 1. The largest absolute Gasteiger partial charge is 0.481 e. The van der Waals surface area contributed by atoms with Crippen molar-refractivity contribution >= 4 is 40.2 Å². The second kappa shape index (κ2) is 5.85. The molecule has 112 valence electrons. The SMILES string of the molecule is O=C(O)CCn1c(CC2CCC2)nc2cc(Cl)c(Cl)cc21. The van der Waals surface area contributed by atoms with Crippen LogP contribution in [0.2, 0.25) is 10.0 Å². The van der Waals surface area contributed by atoms with Crippen LogP contribution in [0.4, 0.5) is 0 Å². The fraction of sp³-hybridized carbons (Fsp3) is 0.467.